The first kappa shape index (κ1) is 15.1. The van der Waals surface area contributed by atoms with Gasteiger partial charge in [0.15, 0.2) is 0 Å². The zero-order chi connectivity index (χ0) is 15.0. The molecule has 3 saturated heterocycles. The second kappa shape index (κ2) is 5.76. The summed E-state index contributed by atoms with van der Waals surface area (Å²) >= 11 is 0. The van der Waals surface area contributed by atoms with Crippen LogP contribution in [0.4, 0.5) is 13.2 Å². The molecule has 3 heterocycles. The van der Waals surface area contributed by atoms with E-state index < -0.39 is 12.7 Å². The van der Waals surface area contributed by atoms with Crippen molar-refractivity contribution in [2.24, 2.45) is 5.92 Å². The summed E-state index contributed by atoms with van der Waals surface area (Å²) in [4.78, 5) is 13.5. The van der Waals surface area contributed by atoms with E-state index in [4.69, 9.17) is 9.47 Å². The number of likely N-dealkylation sites (tertiary alicyclic amines) is 1. The van der Waals surface area contributed by atoms with Crippen LogP contribution >= 0.6 is 0 Å². The predicted molar refractivity (Wildman–Crippen MR) is 67.6 cm³/mol. The first-order valence-corrected chi connectivity index (χ1v) is 7.56. The molecule has 2 bridgehead atoms. The largest absolute Gasteiger partial charge is 0.462 e. The Bertz CT molecular complexity index is 393. The van der Waals surface area contributed by atoms with Gasteiger partial charge in [-0.15, -0.1) is 0 Å². The number of carbonyl (C=O) groups excluding carboxylic acids is 1. The number of nitrogens with zero attached hydrogens (tertiary/aromatic N) is 1. The first-order valence-electron chi connectivity index (χ1n) is 7.56. The fourth-order valence-corrected chi connectivity index (χ4v) is 3.58. The van der Waals surface area contributed by atoms with E-state index in [0.29, 0.717) is 25.9 Å². The summed E-state index contributed by atoms with van der Waals surface area (Å²) in [6, 6.07) is 0. The highest BCUT2D eigenvalue weighted by Gasteiger charge is 2.46. The van der Waals surface area contributed by atoms with Gasteiger partial charge in [0.2, 0.25) is 0 Å². The van der Waals surface area contributed by atoms with E-state index in [2.05, 4.69) is 0 Å². The van der Waals surface area contributed by atoms with E-state index in [0.717, 1.165) is 19.3 Å². The van der Waals surface area contributed by atoms with Crippen LogP contribution in [0, 0.1) is 5.92 Å². The molecule has 0 amide bonds. The summed E-state index contributed by atoms with van der Waals surface area (Å²) in [5.74, 6) is -0.395. The van der Waals surface area contributed by atoms with Crippen LogP contribution in [0.25, 0.3) is 0 Å². The van der Waals surface area contributed by atoms with E-state index in [1.54, 1.807) is 0 Å². The highest BCUT2D eigenvalue weighted by Crippen LogP contribution is 2.39. The van der Waals surface area contributed by atoms with Crippen molar-refractivity contribution in [3.05, 3.63) is 0 Å². The maximum atomic E-state index is 12.3. The molecule has 3 aliphatic rings. The summed E-state index contributed by atoms with van der Waals surface area (Å²) < 4.78 is 48.0. The maximum absolute atomic E-state index is 12.3. The first-order chi connectivity index (χ1) is 9.90. The van der Waals surface area contributed by atoms with Crippen LogP contribution < -0.4 is 0 Å². The molecule has 0 radical (unpaired) electrons. The topological polar surface area (TPSA) is 38.8 Å². The monoisotopic (exact) mass is 307 g/mol. The average Bonchev–Trinajstić information content (AvgIpc) is 3.01. The number of ether oxygens (including phenoxy) is 2. The van der Waals surface area contributed by atoms with Crippen molar-refractivity contribution < 1.29 is 27.4 Å². The van der Waals surface area contributed by atoms with Gasteiger partial charge < -0.3 is 9.47 Å². The van der Waals surface area contributed by atoms with Crippen molar-refractivity contribution in [3.63, 3.8) is 0 Å². The third-order valence-corrected chi connectivity index (χ3v) is 4.63. The van der Waals surface area contributed by atoms with E-state index in [-0.39, 0.29) is 30.2 Å². The van der Waals surface area contributed by atoms with Gasteiger partial charge in [0.05, 0.1) is 24.7 Å². The van der Waals surface area contributed by atoms with Crippen LogP contribution in [0.2, 0.25) is 0 Å². The molecule has 0 unspecified atom stereocenters. The molecule has 3 fully saturated rings. The lowest BCUT2D eigenvalue weighted by Crippen LogP contribution is -2.43. The van der Waals surface area contributed by atoms with Crippen LogP contribution in [-0.4, -0.2) is 55.0 Å². The van der Waals surface area contributed by atoms with Gasteiger partial charge in [-0.1, -0.05) is 0 Å². The van der Waals surface area contributed by atoms with Crippen molar-refractivity contribution in [1.82, 2.24) is 4.90 Å². The Morgan fingerprint density at radius 1 is 1.19 bits per heavy atom. The Hall–Kier alpha value is -0.820. The summed E-state index contributed by atoms with van der Waals surface area (Å²) in [7, 11) is 0. The fourth-order valence-electron chi connectivity index (χ4n) is 3.58. The molecule has 0 saturated carbocycles. The van der Waals surface area contributed by atoms with Gasteiger partial charge in [-0.2, -0.15) is 13.2 Å². The predicted octanol–water partition coefficient (Wildman–Crippen LogP) is 2.12. The Balaban J connectivity index is 1.42. The van der Waals surface area contributed by atoms with Gasteiger partial charge in [0.1, 0.15) is 6.10 Å². The standard InChI is InChI=1S/C14H20F3NO3/c15-14(16,17)8-18-5-3-9(4-6-18)21-13(19)11-7-10-1-2-12(11)20-10/h9-12H,1-8H2/t10-,11+,12-/m1/s1. The van der Waals surface area contributed by atoms with E-state index >= 15 is 0 Å². The van der Waals surface area contributed by atoms with Crippen molar-refractivity contribution >= 4 is 5.97 Å². The third-order valence-electron chi connectivity index (χ3n) is 4.63. The Morgan fingerprint density at radius 2 is 1.90 bits per heavy atom. The molecule has 3 rings (SSSR count). The van der Waals surface area contributed by atoms with Gasteiger partial charge in [-0.25, -0.2) is 0 Å². The van der Waals surface area contributed by atoms with Gasteiger partial charge in [-0.05, 0) is 32.1 Å². The minimum absolute atomic E-state index is 0.00665. The normalized spacial score (nSPS) is 34.3. The van der Waals surface area contributed by atoms with Crippen molar-refractivity contribution in [1.29, 1.82) is 0 Å². The molecule has 3 aliphatic heterocycles. The quantitative estimate of drug-likeness (QED) is 0.749. The lowest BCUT2D eigenvalue weighted by Gasteiger charge is -2.32. The van der Waals surface area contributed by atoms with Crippen LogP contribution in [0.3, 0.4) is 0 Å². The van der Waals surface area contributed by atoms with Crippen molar-refractivity contribution in [3.8, 4) is 0 Å². The maximum Gasteiger partial charge on any atom is 0.401 e. The molecule has 3 atom stereocenters. The molecule has 0 N–H and O–H groups in total. The highest BCUT2D eigenvalue weighted by atomic mass is 19.4. The molecular weight excluding hydrogens is 287 g/mol. The second-order valence-electron chi connectivity index (χ2n) is 6.24. The Morgan fingerprint density at radius 3 is 2.43 bits per heavy atom. The van der Waals surface area contributed by atoms with Gasteiger partial charge in [0, 0.05) is 13.1 Å². The van der Waals surface area contributed by atoms with E-state index in [9.17, 15) is 18.0 Å². The number of alkyl halides is 3. The van der Waals surface area contributed by atoms with Gasteiger partial charge in [0.25, 0.3) is 0 Å². The van der Waals surface area contributed by atoms with Crippen LogP contribution in [0.5, 0.6) is 0 Å². The lowest BCUT2D eigenvalue weighted by atomic mass is 9.89. The van der Waals surface area contributed by atoms with Gasteiger partial charge in [-0.3, -0.25) is 9.69 Å². The minimum atomic E-state index is -4.16. The number of rotatable bonds is 3. The van der Waals surface area contributed by atoms with E-state index in [1.807, 2.05) is 0 Å². The summed E-state index contributed by atoms with van der Waals surface area (Å²) in [5, 5.41) is 0. The molecule has 0 aromatic rings. The third kappa shape index (κ3) is 3.69. The molecule has 7 heteroatoms. The average molecular weight is 307 g/mol. The fraction of sp³-hybridized carbons (Fsp3) is 0.929. The molecule has 0 aromatic carbocycles. The Labute approximate surface area is 121 Å². The molecular formula is C14H20F3NO3. The van der Waals surface area contributed by atoms with Crippen molar-refractivity contribution in [2.75, 3.05) is 19.6 Å². The van der Waals surface area contributed by atoms with Crippen LogP contribution in [-0.2, 0) is 14.3 Å². The Kier molecular flexibility index (Phi) is 4.14. The summed E-state index contributed by atoms with van der Waals surface area (Å²) in [5.41, 5.74) is 0. The number of piperidine rings is 1. The molecule has 21 heavy (non-hydrogen) atoms. The number of halogens is 3. The molecule has 0 aliphatic carbocycles. The van der Waals surface area contributed by atoms with E-state index in [1.165, 1.54) is 4.90 Å². The number of hydrogen-bond donors (Lipinski definition) is 0. The zero-order valence-corrected chi connectivity index (χ0v) is 11.8. The number of carbonyl (C=O) groups is 1. The number of esters is 1. The SMILES string of the molecule is O=C(OC1CCN(CC(F)(F)F)CC1)[C@H]1C[C@H]2CC[C@H]1O2. The van der Waals surface area contributed by atoms with Gasteiger partial charge >= 0.3 is 12.1 Å². The number of fused-ring (bicyclic) bond motifs is 2. The van der Waals surface area contributed by atoms with Crippen LogP contribution in [0.15, 0.2) is 0 Å². The summed E-state index contributed by atoms with van der Waals surface area (Å²) in [6.45, 7) is -0.233. The molecule has 4 nitrogen and oxygen atoms in total. The number of hydrogen-bond acceptors (Lipinski definition) is 4. The molecule has 120 valence electrons. The minimum Gasteiger partial charge on any atom is -0.462 e. The summed E-state index contributed by atoms with van der Waals surface area (Å²) in [6.07, 6.45) is -0.610. The highest BCUT2D eigenvalue weighted by molar-refractivity contribution is 5.74. The second-order valence-corrected chi connectivity index (χ2v) is 6.24. The van der Waals surface area contributed by atoms with Crippen LogP contribution in [0.1, 0.15) is 32.1 Å². The van der Waals surface area contributed by atoms with Crippen molar-refractivity contribution in [2.45, 2.75) is 56.6 Å². The molecule has 0 aromatic heterocycles. The zero-order valence-electron chi connectivity index (χ0n) is 11.8. The molecule has 0 spiro atoms. The smallest absolute Gasteiger partial charge is 0.401 e. The lowest BCUT2D eigenvalue weighted by molar-refractivity contribution is -0.164.